The van der Waals surface area contributed by atoms with E-state index in [4.69, 9.17) is 5.73 Å². The van der Waals surface area contributed by atoms with Crippen LogP contribution in [0.25, 0.3) is 0 Å². The van der Waals surface area contributed by atoms with Gasteiger partial charge in [0.25, 0.3) is 0 Å². The second kappa shape index (κ2) is 5.70. The molecule has 0 aromatic carbocycles. The van der Waals surface area contributed by atoms with Crippen molar-refractivity contribution in [3.63, 3.8) is 0 Å². The zero-order valence-corrected chi connectivity index (χ0v) is 8.54. The Bertz CT molecular complexity index is 258. The normalized spacial score (nSPS) is 12.8. The van der Waals surface area contributed by atoms with Crippen LogP contribution in [0.15, 0.2) is 18.3 Å². The topological polar surface area (TPSA) is 38.9 Å². The van der Waals surface area contributed by atoms with Gasteiger partial charge in [-0.15, -0.1) is 0 Å². The van der Waals surface area contributed by atoms with Crippen molar-refractivity contribution in [1.82, 2.24) is 4.98 Å². The van der Waals surface area contributed by atoms with Gasteiger partial charge in [0.05, 0.1) is 0 Å². The van der Waals surface area contributed by atoms with E-state index >= 15 is 0 Å². The van der Waals surface area contributed by atoms with Crippen LogP contribution in [0.2, 0.25) is 0 Å². The quantitative estimate of drug-likeness (QED) is 0.780. The van der Waals surface area contributed by atoms with Crippen molar-refractivity contribution in [3.8, 4) is 0 Å². The number of halogens is 1. The van der Waals surface area contributed by atoms with Crippen LogP contribution in [0, 0.1) is 0 Å². The molecule has 0 aliphatic carbocycles. The van der Waals surface area contributed by atoms with Crippen molar-refractivity contribution in [2.45, 2.75) is 32.4 Å². The molecular weight excluding hydrogens is 179 g/mol. The van der Waals surface area contributed by atoms with E-state index in [1.165, 1.54) is 5.56 Å². The van der Waals surface area contributed by atoms with E-state index in [0.717, 1.165) is 12.1 Å². The maximum atomic E-state index is 13.2. The van der Waals surface area contributed by atoms with Crippen LogP contribution in [0.4, 0.5) is 4.39 Å². The van der Waals surface area contributed by atoms with Gasteiger partial charge in [-0.3, -0.25) is 4.98 Å². The van der Waals surface area contributed by atoms with Gasteiger partial charge < -0.3 is 5.73 Å². The number of hydrogen-bond acceptors (Lipinski definition) is 2. The van der Waals surface area contributed by atoms with Crippen molar-refractivity contribution in [2.24, 2.45) is 5.73 Å². The first-order valence-corrected chi connectivity index (χ1v) is 5.04. The summed E-state index contributed by atoms with van der Waals surface area (Å²) in [4.78, 5) is 4.19. The minimum atomic E-state index is -0.861. The Balaban J connectivity index is 2.50. The number of aromatic nitrogens is 1. The maximum absolute atomic E-state index is 13.2. The van der Waals surface area contributed by atoms with E-state index in [0.29, 0.717) is 19.4 Å². The van der Waals surface area contributed by atoms with Crippen molar-refractivity contribution < 1.29 is 4.39 Å². The first-order valence-electron chi connectivity index (χ1n) is 5.04. The van der Waals surface area contributed by atoms with Gasteiger partial charge in [-0.05, 0) is 31.0 Å². The number of rotatable bonds is 5. The SMILES string of the molecule is CCc1ccc(CC(F)CCN)nc1. The highest BCUT2D eigenvalue weighted by Gasteiger charge is 2.07. The summed E-state index contributed by atoms with van der Waals surface area (Å²) in [5, 5.41) is 0. The molecule has 0 saturated heterocycles. The summed E-state index contributed by atoms with van der Waals surface area (Å²) in [6.07, 6.45) is 2.71. The molecule has 3 heteroatoms. The highest BCUT2D eigenvalue weighted by atomic mass is 19.1. The summed E-state index contributed by atoms with van der Waals surface area (Å²) < 4.78 is 13.2. The first kappa shape index (κ1) is 11.1. The summed E-state index contributed by atoms with van der Waals surface area (Å²) in [6, 6.07) is 3.89. The summed E-state index contributed by atoms with van der Waals surface area (Å²) in [6.45, 7) is 2.47. The lowest BCUT2D eigenvalue weighted by atomic mass is 10.1. The zero-order chi connectivity index (χ0) is 10.4. The fraction of sp³-hybridized carbons (Fsp3) is 0.545. The number of nitrogens with zero attached hydrogens (tertiary/aromatic N) is 1. The van der Waals surface area contributed by atoms with E-state index < -0.39 is 6.17 Å². The van der Waals surface area contributed by atoms with E-state index in [-0.39, 0.29) is 0 Å². The first-order chi connectivity index (χ1) is 6.76. The minimum absolute atomic E-state index is 0.376. The number of aryl methyl sites for hydroxylation is 1. The largest absolute Gasteiger partial charge is 0.330 e. The predicted molar refractivity (Wildman–Crippen MR) is 55.9 cm³/mol. The van der Waals surface area contributed by atoms with Crippen molar-refractivity contribution in [3.05, 3.63) is 29.6 Å². The molecule has 1 unspecified atom stereocenters. The third kappa shape index (κ3) is 3.42. The van der Waals surface area contributed by atoms with Gasteiger partial charge >= 0.3 is 0 Å². The van der Waals surface area contributed by atoms with Crippen LogP contribution in [0.3, 0.4) is 0 Å². The van der Waals surface area contributed by atoms with Crippen LogP contribution in [0.5, 0.6) is 0 Å². The molecule has 2 N–H and O–H groups in total. The van der Waals surface area contributed by atoms with Crippen molar-refractivity contribution in [1.29, 1.82) is 0 Å². The molecule has 1 atom stereocenters. The van der Waals surface area contributed by atoms with E-state index in [1.54, 1.807) is 0 Å². The second-order valence-corrected chi connectivity index (χ2v) is 3.39. The molecule has 14 heavy (non-hydrogen) atoms. The molecule has 78 valence electrons. The smallest absolute Gasteiger partial charge is 0.107 e. The Hall–Kier alpha value is -0.960. The van der Waals surface area contributed by atoms with Gasteiger partial charge in [0.2, 0.25) is 0 Å². The molecule has 0 bridgehead atoms. The molecule has 0 spiro atoms. The Labute approximate surface area is 84.3 Å². The minimum Gasteiger partial charge on any atom is -0.330 e. The van der Waals surface area contributed by atoms with Gasteiger partial charge in [0, 0.05) is 18.3 Å². The highest BCUT2D eigenvalue weighted by molar-refractivity contribution is 5.14. The summed E-state index contributed by atoms with van der Waals surface area (Å²) in [5.74, 6) is 0. The Morgan fingerprint density at radius 1 is 1.50 bits per heavy atom. The number of alkyl halides is 1. The van der Waals surface area contributed by atoms with Crippen LogP contribution >= 0.6 is 0 Å². The predicted octanol–water partition coefficient (Wildman–Crippen LogP) is 1.87. The van der Waals surface area contributed by atoms with Crippen LogP contribution < -0.4 is 5.73 Å². The zero-order valence-electron chi connectivity index (χ0n) is 8.54. The second-order valence-electron chi connectivity index (χ2n) is 3.39. The lowest BCUT2D eigenvalue weighted by Gasteiger charge is -2.06. The standard InChI is InChI=1S/C11H17FN2/c1-2-9-3-4-11(14-8-9)7-10(12)5-6-13/h3-4,8,10H,2,5-7,13H2,1H3. The molecule has 0 fully saturated rings. The molecule has 0 radical (unpaired) electrons. The molecule has 0 aliphatic rings. The average molecular weight is 196 g/mol. The van der Waals surface area contributed by atoms with E-state index in [2.05, 4.69) is 11.9 Å². The van der Waals surface area contributed by atoms with Gasteiger partial charge in [0.1, 0.15) is 6.17 Å². The van der Waals surface area contributed by atoms with E-state index in [1.807, 2.05) is 18.3 Å². The van der Waals surface area contributed by atoms with Gasteiger partial charge in [-0.1, -0.05) is 13.0 Å². The third-order valence-electron chi connectivity index (χ3n) is 2.20. The van der Waals surface area contributed by atoms with Crippen molar-refractivity contribution in [2.75, 3.05) is 6.54 Å². The molecule has 0 amide bonds. The van der Waals surface area contributed by atoms with Crippen molar-refractivity contribution >= 4 is 0 Å². The van der Waals surface area contributed by atoms with Crippen LogP contribution in [-0.4, -0.2) is 17.7 Å². The number of hydrogen-bond donors (Lipinski definition) is 1. The number of pyridine rings is 1. The number of nitrogens with two attached hydrogens (primary N) is 1. The molecule has 2 nitrogen and oxygen atoms in total. The van der Waals surface area contributed by atoms with E-state index in [9.17, 15) is 4.39 Å². The monoisotopic (exact) mass is 196 g/mol. The van der Waals surface area contributed by atoms with Gasteiger partial charge in [-0.25, -0.2) is 4.39 Å². The lowest BCUT2D eigenvalue weighted by molar-refractivity contribution is 0.314. The summed E-state index contributed by atoms with van der Waals surface area (Å²) >= 11 is 0. The molecule has 1 rings (SSSR count). The molecule has 1 aromatic heterocycles. The third-order valence-corrected chi connectivity index (χ3v) is 2.20. The molecule has 0 saturated carbocycles. The molecule has 0 aliphatic heterocycles. The average Bonchev–Trinajstić information content (AvgIpc) is 2.19. The summed E-state index contributed by atoms with van der Waals surface area (Å²) in [5.41, 5.74) is 7.26. The van der Waals surface area contributed by atoms with Gasteiger partial charge in [-0.2, -0.15) is 0 Å². The highest BCUT2D eigenvalue weighted by Crippen LogP contribution is 2.07. The Morgan fingerprint density at radius 3 is 2.79 bits per heavy atom. The summed E-state index contributed by atoms with van der Waals surface area (Å²) in [7, 11) is 0. The van der Waals surface area contributed by atoms with Gasteiger partial charge in [0.15, 0.2) is 0 Å². The fourth-order valence-electron chi connectivity index (χ4n) is 1.29. The molecular formula is C11H17FN2. The fourth-order valence-corrected chi connectivity index (χ4v) is 1.29. The maximum Gasteiger partial charge on any atom is 0.107 e. The van der Waals surface area contributed by atoms with Crippen LogP contribution in [-0.2, 0) is 12.8 Å². The van der Waals surface area contributed by atoms with Crippen LogP contribution in [0.1, 0.15) is 24.6 Å². The Morgan fingerprint density at radius 2 is 2.29 bits per heavy atom. The Kier molecular flexibility index (Phi) is 4.53. The lowest BCUT2D eigenvalue weighted by Crippen LogP contribution is -2.12. The molecule has 1 aromatic rings. The molecule has 1 heterocycles.